The van der Waals surface area contributed by atoms with E-state index < -0.39 is 0 Å². The van der Waals surface area contributed by atoms with E-state index in [0.29, 0.717) is 0 Å². The normalized spacial score (nSPS) is 31.3. The first-order valence-electron chi connectivity index (χ1n) is 16.4. The predicted molar refractivity (Wildman–Crippen MR) is 164 cm³/mol. The summed E-state index contributed by atoms with van der Waals surface area (Å²) in [4.78, 5) is 7.87. The van der Waals surface area contributed by atoms with Crippen LogP contribution in [-0.4, -0.2) is 122 Å². The molecule has 0 spiro atoms. The molecule has 7 aliphatic heterocycles. The molecule has 42 heavy (non-hydrogen) atoms. The highest BCUT2D eigenvalue weighted by Crippen LogP contribution is 2.45. The Balaban J connectivity index is 1.49. The van der Waals surface area contributed by atoms with Crippen molar-refractivity contribution >= 4 is 0 Å². The minimum atomic E-state index is -0.133. The van der Waals surface area contributed by atoms with Crippen molar-refractivity contribution in [2.24, 2.45) is 0 Å². The fourth-order valence-electron chi connectivity index (χ4n) is 7.57. The van der Waals surface area contributed by atoms with E-state index in [2.05, 4.69) is 66.6 Å². The molecular weight excluding hydrogens is 528 g/mol. The number of nitrogens with one attached hydrogen (secondary N) is 1. The van der Waals surface area contributed by atoms with Crippen LogP contribution in [0.3, 0.4) is 0 Å². The van der Waals surface area contributed by atoms with Crippen molar-refractivity contribution in [2.75, 3.05) is 78.7 Å². The Morgan fingerprint density at radius 2 is 1.64 bits per heavy atom. The molecule has 3 unspecified atom stereocenters. The Hall–Kier alpha value is -2.72. The molecule has 0 aromatic carbocycles. The lowest BCUT2D eigenvalue weighted by atomic mass is 9.86. The summed E-state index contributed by atoms with van der Waals surface area (Å²) in [6.45, 7) is 11.0. The van der Waals surface area contributed by atoms with Crippen molar-refractivity contribution in [1.29, 1.82) is 0 Å². The number of rotatable bonds is 6. The van der Waals surface area contributed by atoms with Gasteiger partial charge in [0.05, 0.1) is 37.0 Å². The van der Waals surface area contributed by atoms with Crippen molar-refractivity contribution < 1.29 is 14.2 Å². The van der Waals surface area contributed by atoms with Gasteiger partial charge in [-0.2, -0.15) is 0 Å². The minimum absolute atomic E-state index is 0.0422. The summed E-state index contributed by atoms with van der Waals surface area (Å²) in [6.07, 6.45) is 24.3. The number of hydrazine groups is 1. The molecule has 0 aromatic rings. The maximum absolute atomic E-state index is 6.77. The third kappa shape index (κ3) is 5.64. The molecule has 0 radical (unpaired) electrons. The fourth-order valence-corrected chi connectivity index (χ4v) is 7.57. The van der Waals surface area contributed by atoms with Crippen LogP contribution in [0.4, 0.5) is 0 Å². The van der Waals surface area contributed by atoms with Crippen molar-refractivity contribution in [3.63, 3.8) is 0 Å². The molecule has 228 valence electrons. The van der Waals surface area contributed by atoms with Crippen LogP contribution in [0, 0.1) is 0 Å². The van der Waals surface area contributed by atoms with Crippen LogP contribution in [0.25, 0.3) is 0 Å². The topological polar surface area (TPSA) is 55.9 Å². The number of piperazine rings is 1. The van der Waals surface area contributed by atoms with E-state index >= 15 is 0 Å². The van der Waals surface area contributed by atoms with Crippen molar-refractivity contribution in [3.8, 4) is 0 Å². The molecule has 4 saturated heterocycles. The van der Waals surface area contributed by atoms with Gasteiger partial charge in [-0.25, -0.2) is 5.01 Å². The lowest BCUT2D eigenvalue weighted by Gasteiger charge is -2.56. The number of allylic oxidation sites excluding steroid dienone is 4. The van der Waals surface area contributed by atoms with Crippen molar-refractivity contribution in [1.82, 2.24) is 30.0 Å². The van der Waals surface area contributed by atoms with E-state index in [9.17, 15) is 0 Å². The first-order chi connectivity index (χ1) is 20.9. The number of hydrogen-bond donors (Lipinski definition) is 1. The predicted octanol–water partition coefficient (Wildman–Crippen LogP) is 3.16. The second-order valence-electron chi connectivity index (χ2n) is 12.2. The summed E-state index contributed by atoms with van der Waals surface area (Å²) in [5.74, 6) is 1.35. The monoisotopic (exact) mass is 576 g/mol. The Labute approximate surface area is 251 Å². The molecular formula is C33H48N6O3. The first kappa shape index (κ1) is 28.1. The molecule has 0 aromatic heterocycles. The molecule has 4 fully saturated rings. The van der Waals surface area contributed by atoms with Gasteiger partial charge >= 0.3 is 0 Å². The lowest BCUT2D eigenvalue weighted by molar-refractivity contribution is -0.125. The zero-order valence-electron chi connectivity index (χ0n) is 25.0. The van der Waals surface area contributed by atoms with Crippen LogP contribution in [0.15, 0.2) is 71.7 Å². The smallest absolute Gasteiger partial charge is 0.144 e. The second kappa shape index (κ2) is 13.3. The van der Waals surface area contributed by atoms with E-state index in [1.54, 1.807) is 0 Å². The highest BCUT2D eigenvalue weighted by molar-refractivity contribution is 5.48. The van der Waals surface area contributed by atoms with Gasteiger partial charge in [0.25, 0.3) is 0 Å². The molecule has 7 rings (SSSR count). The van der Waals surface area contributed by atoms with Crippen LogP contribution in [0.5, 0.6) is 0 Å². The summed E-state index contributed by atoms with van der Waals surface area (Å²) in [5.41, 5.74) is 4.13. The molecule has 0 amide bonds. The minimum Gasteiger partial charge on any atom is -0.491 e. The molecule has 7 heterocycles. The average molecular weight is 577 g/mol. The Morgan fingerprint density at radius 3 is 2.36 bits per heavy atom. The quantitative estimate of drug-likeness (QED) is 0.514. The highest BCUT2D eigenvalue weighted by atomic mass is 16.5. The van der Waals surface area contributed by atoms with Gasteiger partial charge < -0.3 is 34.2 Å². The zero-order valence-corrected chi connectivity index (χ0v) is 25.0. The van der Waals surface area contributed by atoms with Crippen LogP contribution in [0.1, 0.15) is 38.5 Å². The summed E-state index contributed by atoms with van der Waals surface area (Å²) in [6, 6.07) is -0.0422. The van der Waals surface area contributed by atoms with Gasteiger partial charge in [0.15, 0.2) is 0 Å². The number of likely N-dealkylation sites (tertiary alicyclic amines) is 1. The van der Waals surface area contributed by atoms with Crippen LogP contribution in [0.2, 0.25) is 0 Å². The molecule has 0 saturated carbocycles. The number of piperidine rings is 1. The van der Waals surface area contributed by atoms with Crippen molar-refractivity contribution in [2.45, 2.75) is 56.8 Å². The molecule has 1 N–H and O–H groups in total. The van der Waals surface area contributed by atoms with Gasteiger partial charge in [-0.3, -0.25) is 5.01 Å². The molecule has 3 atom stereocenters. The molecule has 9 nitrogen and oxygen atoms in total. The maximum Gasteiger partial charge on any atom is 0.144 e. The third-order valence-electron chi connectivity index (χ3n) is 9.55. The number of morpholine rings is 1. The van der Waals surface area contributed by atoms with Gasteiger partial charge in [-0.05, 0) is 56.8 Å². The lowest BCUT2D eigenvalue weighted by Crippen LogP contribution is -2.64. The van der Waals surface area contributed by atoms with Gasteiger partial charge in [0.2, 0.25) is 0 Å². The summed E-state index contributed by atoms with van der Waals surface area (Å²) < 4.78 is 19.2. The summed E-state index contributed by atoms with van der Waals surface area (Å²) in [5, 5.41) is 8.83. The Morgan fingerprint density at radius 1 is 0.786 bits per heavy atom. The van der Waals surface area contributed by atoms with Gasteiger partial charge in [-0.15, -0.1) is 0 Å². The van der Waals surface area contributed by atoms with Gasteiger partial charge in [0.1, 0.15) is 18.0 Å². The number of nitrogens with zero attached hydrogens (tertiary/aromatic N) is 5. The number of hydrogen-bond acceptors (Lipinski definition) is 9. The maximum atomic E-state index is 6.77. The highest BCUT2D eigenvalue weighted by Gasteiger charge is 2.49. The van der Waals surface area contributed by atoms with E-state index in [-0.39, 0.29) is 18.2 Å². The van der Waals surface area contributed by atoms with Crippen LogP contribution >= 0.6 is 0 Å². The summed E-state index contributed by atoms with van der Waals surface area (Å²) >= 11 is 0. The molecule has 0 bridgehead atoms. The second-order valence-corrected chi connectivity index (χ2v) is 12.2. The van der Waals surface area contributed by atoms with Crippen molar-refractivity contribution in [3.05, 3.63) is 71.7 Å². The van der Waals surface area contributed by atoms with E-state index in [4.69, 9.17) is 14.2 Å². The van der Waals surface area contributed by atoms with Gasteiger partial charge in [0, 0.05) is 77.3 Å². The van der Waals surface area contributed by atoms with E-state index in [1.165, 1.54) is 48.5 Å². The molecule has 0 aliphatic carbocycles. The molecule has 9 heteroatoms. The Kier molecular flexibility index (Phi) is 8.88. The summed E-state index contributed by atoms with van der Waals surface area (Å²) in [7, 11) is 0. The average Bonchev–Trinajstić information content (AvgIpc) is 3.09. The van der Waals surface area contributed by atoms with Crippen LogP contribution < -0.4 is 5.32 Å². The van der Waals surface area contributed by atoms with E-state index in [0.717, 1.165) is 91.6 Å². The van der Waals surface area contributed by atoms with E-state index in [1.807, 2.05) is 12.3 Å². The SMILES string of the molecule is C1=CCN(C2=C(C3CCCCO3)C(N3CCCCC3)=C(N3CCNCC3)N(N3CCOCC3)C2C2C=CC=CO2)C=C1. The number of ether oxygens (including phenoxy) is 3. The largest absolute Gasteiger partial charge is 0.491 e. The van der Waals surface area contributed by atoms with Gasteiger partial charge in [-0.1, -0.05) is 18.2 Å². The first-order valence-corrected chi connectivity index (χ1v) is 16.4. The zero-order chi connectivity index (χ0) is 28.1. The Bertz CT molecular complexity index is 1120. The molecule has 7 aliphatic rings. The third-order valence-corrected chi connectivity index (χ3v) is 9.55. The fraction of sp³-hybridized carbons (Fsp3) is 0.636. The van der Waals surface area contributed by atoms with Crippen LogP contribution in [-0.2, 0) is 14.2 Å². The standard InChI is InChI=1S/C33H48N6O3/c1-5-15-35(16-6-1)31-29(27-11-3-9-23-41-27)32(36-17-7-2-8-18-36)33(37-19-13-34-14-20-37)39(38-21-25-40-26-22-38)30(31)28-12-4-10-24-42-28/h1,4-6,10,12,15,24,27-28,30,34H,2-3,7-9,11,13-14,16-23,25-26H2.